The molecule has 0 heterocycles. The fourth-order valence-electron chi connectivity index (χ4n) is 2.72. The highest BCUT2D eigenvalue weighted by Gasteiger charge is 2.49. The molecule has 1 saturated carbocycles. The number of ether oxygens (including phenoxy) is 1. The van der Waals surface area contributed by atoms with E-state index in [1.54, 1.807) is 7.11 Å². The third-order valence-electron chi connectivity index (χ3n) is 4.30. The minimum Gasteiger partial charge on any atom is -0.385 e. The second-order valence-corrected chi connectivity index (χ2v) is 5.92. The fraction of sp³-hybridized carbons (Fsp3) is 0.562. The zero-order valence-corrected chi connectivity index (χ0v) is 12.7. The van der Waals surface area contributed by atoms with Crippen LogP contribution in [-0.4, -0.2) is 31.7 Å². The van der Waals surface area contributed by atoms with E-state index >= 15 is 0 Å². The zero-order valence-electron chi connectivity index (χ0n) is 12.7. The average Bonchev–Trinajstić information content (AvgIpc) is 2.44. The first-order chi connectivity index (χ1) is 9.48. The van der Waals surface area contributed by atoms with Gasteiger partial charge in [0.2, 0.25) is 0 Å². The number of anilines is 1. The highest BCUT2D eigenvalue weighted by atomic mass is 16.5. The molecule has 0 aromatic heterocycles. The van der Waals surface area contributed by atoms with E-state index in [4.69, 9.17) is 4.74 Å². The smallest absolute Gasteiger partial charge is 0.251 e. The topological polar surface area (TPSA) is 50.4 Å². The summed E-state index contributed by atoms with van der Waals surface area (Å²) >= 11 is 0. The molecule has 110 valence electrons. The van der Waals surface area contributed by atoms with Gasteiger partial charge in [-0.15, -0.1) is 0 Å². The quantitative estimate of drug-likeness (QED) is 0.869. The highest BCUT2D eigenvalue weighted by Crippen LogP contribution is 2.42. The molecular weight excluding hydrogens is 252 g/mol. The van der Waals surface area contributed by atoms with Crippen LogP contribution in [0, 0.1) is 5.41 Å². The third-order valence-corrected chi connectivity index (χ3v) is 4.30. The maximum absolute atomic E-state index is 12.2. The maximum Gasteiger partial charge on any atom is 0.251 e. The van der Waals surface area contributed by atoms with Crippen molar-refractivity contribution in [1.82, 2.24) is 5.32 Å². The number of amides is 1. The van der Waals surface area contributed by atoms with Crippen molar-refractivity contribution in [2.24, 2.45) is 5.41 Å². The zero-order chi connectivity index (χ0) is 14.8. The second-order valence-electron chi connectivity index (χ2n) is 5.92. The van der Waals surface area contributed by atoms with Crippen molar-refractivity contribution in [3.8, 4) is 0 Å². The second kappa shape index (κ2) is 5.83. The molecule has 1 amide bonds. The molecule has 0 radical (unpaired) electrons. The molecule has 4 nitrogen and oxygen atoms in total. The Labute approximate surface area is 120 Å². The van der Waals surface area contributed by atoms with E-state index in [9.17, 15) is 4.79 Å². The maximum atomic E-state index is 12.2. The molecule has 1 aromatic carbocycles. The van der Waals surface area contributed by atoms with Gasteiger partial charge in [-0.1, -0.05) is 13.8 Å². The van der Waals surface area contributed by atoms with Crippen molar-refractivity contribution in [3.63, 3.8) is 0 Å². The first kappa shape index (κ1) is 14.9. The Kier molecular flexibility index (Phi) is 4.33. The highest BCUT2D eigenvalue weighted by molar-refractivity contribution is 5.94. The number of carbonyl (C=O) groups is 1. The van der Waals surface area contributed by atoms with Crippen LogP contribution in [0.5, 0.6) is 0 Å². The molecular formula is C16H24N2O2. The van der Waals surface area contributed by atoms with Crippen molar-refractivity contribution < 1.29 is 9.53 Å². The van der Waals surface area contributed by atoms with Crippen molar-refractivity contribution in [3.05, 3.63) is 29.8 Å². The van der Waals surface area contributed by atoms with Crippen LogP contribution in [0.25, 0.3) is 0 Å². The average molecular weight is 276 g/mol. The van der Waals surface area contributed by atoms with E-state index in [2.05, 4.69) is 24.5 Å². The molecule has 20 heavy (non-hydrogen) atoms. The van der Waals surface area contributed by atoms with E-state index in [-0.39, 0.29) is 23.5 Å². The number of rotatable bonds is 5. The molecule has 0 aliphatic heterocycles. The van der Waals surface area contributed by atoms with Gasteiger partial charge in [-0.2, -0.15) is 0 Å². The monoisotopic (exact) mass is 276 g/mol. The van der Waals surface area contributed by atoms with Crippen molar-refractivity contribution >= 4 is 11.6 Å². The normalized spacial score (nSPS) is 23.8. The molecule has 0 spiro atoms. The van der Waals surface area contributed by atoms with Crippen molar-refractivity contribution in [2.75, 3.05) is 19.0 Å². The predicted octanol–water partition coefficient (Wildman–Crippen LogP) is 2.66. The molecule has 2 rings (SSSR count). The van der Waals surface area contributed by atoms with Gasteiger partial charge in [0.1, 0.15) is 0 Å². The summed E-state index contributed by atoms with van der Waals surface area (Å²) < 4.78 is 5.40. The molecule has 1 fully saturated rings. The molecule has 4 heteroatoms. The fourth-order valence-corrected chi connectivity index (χ4v) is 2.72. The van der Waals surface area contributed by atoms with Gasteiger partial charge in [0, 0.05) is 36.4 Å². The lowest BCUT2D eigenvalue weighted by Gasteiger charge is -2.51. The minimum atomic E-state index is -0.0133. The summed E-state index contributed by atoms with van der Waals surface area (Å²) in [6.07, 6.45) is 1.11. The molecule has 2 unspecified atom stereocenters. The van der Waals surface area contributed by atoms with Gasteiger partial charge < -0.3 is 15.4 Å². The summed E-state index contributed by atoms with van der Waals surface area (Å²) in [4.78, 5) is 12.2. The first-order valence-corrected chi connectivity index (χ1v) is 7.16. The van der Waals surface area contributed by atoms with E-state index in [1.807, 2.05) is 31.2 Å². The lowest BCUT2D eigenvalue weighted by Crippen LogP contribution is -2.61. The van der Waals surface area contributed by atoms with Crippen LogP contribution in [-0.2, 0) is 4.74 Å². The number of carbonyl (C=O) groups excluding carboxylic acids is 1. The summed E-state index contributed by atoms with van der Waals surface area (Å²) in [6.45, 7) is 7.18. The summed E-state index contributed by atoms with van der Waals surface area (Å²) in [7, 11) is 1.73. The number of hydrogen-bond donors (Lipinski definition) is 2. The van der Waals surface area contributed by atoms with Crippen LogP contribution in [0.15, 0.2) is 24.3 Å². The molecule has 2 N–H and O–H groups in total. The van der Waals surface area contributed by atoms with Gasteiger partial charge in [-0.05, 0) is 37.6 Å². The summed E-state index contributed by atoms with van der Waals surface area (Å²) in [5.41, 5.74) is 1.73. The first-order valence-electron chi connectivity index (χ1n) is 7.16. The lowest BCUT2D eigenvalue weighted by molar-refractivity contribution is -0.0942. The number of nitrogens with one attached hydrogen (secondary N) is 2. The van der Waals surface area contributed by atoms with Gasteiger partial charge in [0.05, 0.1) is 6.10 Å². The molecule has 2 atom stereocenters. The van der Waals surface area contributed by atoms with Crippen LogP contribution in [0.1, 0.15) is 37.6 Å². The lowest BCUT2D eigenvalue weighted by atomic mass is 9.64. The Balaban J connectivity index is 1.96. The SMILES string of the molecule is CCNc1ccc(C(=O)NC2CC(OC)C2(C)C)cc1. The van der Waals surface area contributed by atoms with Crippen LogP contribution < -0.4 is 10.6 Å². The molecule has 1 aromatic rings. The van der Waals surface area contributed by atoms with Crippen LogP contribution in [0.2, 0.25) is 0 Å². The van der Waals surface area contributed by atoms with Gasteiger partial charge >= 0.3 is 0 Å². The Bertz CT molecular complexity index is 468. The molecule has 1 aliphatic rings. The predicted molar refractivity (Wildman–Crippen MR) is 81.1 cm³/mol. The summed E-state index contributed by atoms with van der Waals surface area (Å²) in [5, 5.41) is 6.31. The van der Waals surface area contributed by atoms with Crippen LogP contribution in [0.3, 0.4) is 0 Å². The van der Waals surface area contributed by atoms with Crippen LogP contribution >= 0.6 is 0 Å². The van der Waals surface area contributed by atoms with E-state index < -0.39 is 0 Å². The van der Waals surface area contributed by atoms with Crippen molar-refractivity contribution in [1.29, 1.82) is 0 Å². The Hall–Kier alpha value is -1.55. The van der Waals surface area contributed by atoms with E-state index in [1.165, 1.54) is 0 Å². The Morgan fingerprint density at radius 3 is 2.50 bits per heavy atom. The molecule has 0 bridgehead atoms. The molecule has 0 saturated heterocycles. The standard InChI is InChI=1S/C16H24N2O2/c1-5-17-12-8-6-11(7-9-12)15(19)18-13-10-14(20-4)16(13,2)3/h6-9,13-14,17H,5,10H2,1-4H3,(H,18,19). The van der Waals surface area contributed by atoms with Gasteiger partial charge in [-0.3, -0.25) is 4.79 Å². The Morgan fingerprint density at radius 1 is 1.35 bits per heavy atom. The van der Waals surface area contributed by atoms with Crippen molar-refractivity contribution in [2.45, 2.75) is 39.3 Å². The number of hydrogen-bond acceptors (Lipinski definition) is 3. The summed E-state index contributed by atoms with van der Waals surface area (Å²) in [5.74, 6) is -0.0133. The minimum absolute atomic E-state index is 0.00584. The Morgan fingerprint density at radius 2 is 2.00 bits per heavy atom. The van der Waals surface area contributed by atoms with E-state index in [0.29, 0.717) is 5.56 Å². The van der Waals surface area contributed by atoms with E-state index in [0.717, 1.165) is 18.7 Å². The number of benzene rings is 1. The number of methoxy groups -OCH3 is 1. The largest absolute Gasteiger partial charge is 0.385 e. The van der Waals surface area contributed by atoms with Gasteiger partial charge in [-0.25, -0.2) is 0 Å². The summed E-state index contributed by atoms with van der Waals surface area (Å²) in [6, 6.07) is 7.75. The van der Waals surface area contributed by atoms with Crippen LogP contribution in [0.4, 0.5) is 5.69 Å². The molecule has 1 aliphatic carbocycles. The van der Waals surface area contributed by atoms with Gasteiger partial charge in [0.15, 0.2) is 0 Å². The van der Waals surface area contributed by atoms with Gasteiger partial charge in [0.25, 0.3) is 5.91 Å². The third kappa shape index (κ3) is 2.80.